The van der Waals surface area contributed by atoms with E-state index in [1.807, 2.05) is 0 Å². The molecule has 7 heteroatoms. The van der Waals surface area contributed by atoms with Crippen molar-refractivity contribution in [2.45, 2.75) is 13.0 Å². The van der Waals surface area contributed by atoms with E-state index in [-0.39, 0.29) is 16.5 Å². The quantitative estimate of drug-likeness (QED) is 0.529. The minimum atomic E-state index is -0.713. The van der Waals surface area contributed by atoms with E-state index in [0.29, 0.717) is 12.3 Å². The molecule has 6 nitrogen and oxygen atoms in total. The summed E-state index contributed by atoms with van der Waals surface area (Å²) in [5.74, 6) is 0.227. The normalized spacial score (nSPS) is 17.3. The Bertz CT molecular complexity index is 376. The third-order valence-electron chi connectivity index (χ3n) is 1.96. The number of carbonyl (C=O) groups excluding carboxylic acids is 1. The average molecular weight is 239 g/mol. The van der Waals surface area contributed by atoms with Crippen LogP contribution in [0.5, 0.6) is 0 Å². The summed E-state index contributed by atoms with van der Waals surface area (Å²) in [6, 6.07) is -0.713. The third kappa shape index (κ3) is 2.99. The molecule has 0 aromatic carbocycles. The second kappa shape index (κ2) is 5.55. The van der Waals surface area contributed by atoms with Crippen molar-refractivity contribution in [3.05, 3.63) is 0 Å². The van der Waals surface area contributed by atoms with Crippen molar-refractivity contribution in [1.82, 2.24) is 5.32 Å². The molecule has 4 N–H and O–H groups in total. The van der Waals surface area contributed by atoms with Gasteiger partial charge in [0.05, 0.1) is 0 Å². The number of rotatable bonds is 4. The number of hydrogen-bond donors (Lipinski definition) is 4. The van der Waals surface area contributed by atoms with Crippen LogP contribution < -0.4 is 5.32 Å². The maximum atomic E-state index is 11.7. The number of thioether (sulfide) groups is 1. The molecule has 1 heterocycles. The van der Waals surface area contributed by atoms with E-state index < -0.39 is 11.9 Å². The Labute approximate surface area is 97.4 Å². The highest BCUT2D eigenvalue weighted by molar-refractivity contribution is 8.16. The summed E-state index contributed by atoms with van der Waals surface area (Å²) in [5.41, 5.74) is 0.281. The second-order valence-corrected chi connectivity index (χ2v) is 4.31. The summed E-state index contributed by atoms with van der Waals surface area (Å²) in [7, 11) is 0. The number of hydrogen-bond acceptors (Lipinski definition) is 6. The topological polar surface area (TPSA) is 113 Å². The first-order chi connectivity index (χ1) is 7.56. The number of nitrogens with zero attached hydrogens (tertiary/aromatic N) is 1. The number of nitrogens with one attached hydrogen (secondary N) is 4. The van der Waals surface area contributed by atoms with E-state index in [0.717, 1.165) is 6.21 Å². The Kier molecular flexibility index (Phi) is 4.36. The van der Waals surface area contributed by atoms with Crippen LogP contribution in [0.25, 0.3) is 0 Å². The van der Waals surface area contributed by atoms with Crippen molar-refractivity contribution in [2.75, 3.05) is 12.3 Å². The molecule has 1 unspecified atom stereocenters. The van der Waals surface area contributed by atoms with E-state index in [4.69, 9.17) is 16.2 Å². The molecule has 0 radical (unpaired) electrons. The molecule has 0 fully saturated rings. The van der Waals surface area contributed by atoms with E-state index in [1.165, 1.54) is 18.7 Å². The molecule has 16 heavy (non-hydrogen) atoms. The van der Waals surface area contributed by atoms with Gasteiger partial charge >= 0.3 is 0 Å². The SMILES string of the molecule is CC(=N)C(C=N)NC(=O)C1=NCCSC1=N. The van der Waals surface area contributed by atoms with Crippen LogP contribution in [0.2, 0.25) is 0 Å². The van der Waals surface area contributed by atoms with Gasteiger partial charge in [0, 0.05) is 24.2 Å². The van der Waals surface area contributed by atoms with Gasteiger partial charge in [-0.25, -0.2) is 0 Å². The lowest BCUT2D eigenvalue weighted by Gasteiger charge is -2.16. The van der Waals surface area contributed by atoms with Gasteiger partial charge in [0.25, 0.3) is 5.91 Å². The fraction of sp³-hybridized carbons (Fsp3) is 0.444. The highest BCUT2D eigenvalue weighted by atomic mass is 32.2. The van der Waals surface area contributed by atoms with E-state index in [2.05, 4.69) is 10.3 Å². The molecule has 1 amide bonds. The Balaban J connectivity index is 2.71. The minimum Gasteiger partial charge on any atom is -0.338 e. The molecule has 1 aliphatic rings. The van der Waals surface area contributed by atoms with Crippen molar-refractivity contribution in [3.63, 3.8) is 0 Å². The van der Waals surface area contributed by atoms with Crippen LogP contribution in [-0.4, -0.2) is 46.9 Å². The number of aliphatic imine (C=N–C) groups is 1. The fourth-order valence-corrected chi connectivity index (χ4v) is 1.79. The fourth-order valence-electron chi connectivity index (χ4n) is 1.10. The predicted molar refractivity (Wildman–Crippen MR) is 66.6 cm³/mol. The molecule has 1 aliphatic heterocycles. The summed E-state index contributed by atoms with van der Waals surface area (Å²) < 4.78 is 0. The molecular weight excluding hydrogens is 226 g/mol. The summed E-state index contributed by atoms with van der Waals surface area (Å²) in [4.78, 5) is 15.7. The van der Waals surface area contributed by atoms with Gasteiger partial charge in [-0.3, -0.25) is 15.2 Å². The molecule has 0 aromatic rings. The molecule has 0 spiro atoms. The van der Waals surface area contributed by atoms with Crippen LogP contribution in [0.3, 0.4) is 0 Å². The molecule has 1 atom stereocenters. The van der Waals surface area contributed by atoms with Gasteiger partial charge in [-0.15, -0.1) is 11.8 Å². The smallest absolute Gasteiger partial charge is 0.273 e. The monoisotopic (exact) mass is 239 g/mol. The molecular formula is C9H13N5OS. The van der Waals surface area contributed by atoms with Gasteiger partial charge in [-0.2, -0.15) is 0 Å². The van der Waals surface area contributed by atoms with Gasteiger partial charge in [0.2, 0.25) is 0 Å². The number of amides is 1. The Hall–Kier alpha value is -1.50. The Morgan fingerprint density at radius 3 is 2.88 bits per heavy atom. The lowest BCUT2D eigenvalue weighted by molar-refractivity contribution is -0.114. The molecule has 0 aromatic heterocycles. The molecule has 0 aliphatic carbocycles. The Morgan fingerprint density at radius 2 is 2.38 bits per heavy atom. The highest BCUT2D eigenvalue weighted by Crippen LogP contribution is 2.09. The maximum absolute atomic E-state index is 11.7. The highest BCUT2D eigenvalue weighted by Gasteiger charge is 2.22. The molecule has 1 rings (SSSR count). The minimum absolute atomic E-state index is 0.101. The van der Waals surface area contributed by atoms with Crippen molar-refractivity contribution in [2.24, 2.45) is 4.99 Å². The first-order valence-electron chi connectivity index (χ1n) is 4.69. The van der Waals surface area contributed by atoms with Crippen molar-refractivity contribution >= 4 is 40.4 Å². The van der Waals surface area contributed by atoms with Gasteiger partial charge < -0.3 is 16.1 Å². The van der Waals surface area contributed by atoms with Crippen molar-refractivity contribution in [3.8, 4) is 0 Å². The first kappa shape index (κ1) is 12.6. The zero-order valence-electron chi connectivity index (χ0n) is 8.83. The summed E-state index contributed by atoms with van der Waals surface area (Å²) in [6.07, 6.45) is 0.986. The zero-order valence-corrected chi connectivity index (χ0v) is 9.65. The molecule has 0 bridgehead atoms. The van der Waals surface area contributed by atoms with Gasteiger partial charge in [-0.1, -0.05) is 0 Å². The van der Waals surface area contributed by atoms with Crippen LogP contribution in [0.4, 0.5) is 0 Å². The van der Waals surface area contributed by atoms with Crippen LogP contribution in [0.1, 0.15) is 6.92 Å². The van der Waals surface area contributed by atoms with E-state index in [1.54, 1.807) is 0 Å². The lowest BCUT2D eigenvalue weighted by Crippen LogP contribution is -2.46. The zero-order chi connectivity index (χ0) is 12.1. The molecule has 86 valence electrons. The third-order valence-corrected chi connectivity index (χ3v) is 2.83. The standard InChI is InChI=1S/C9H13N5OS/c1-5(11)6(4-10)14-9(15)7-8(12)16-3-2-13-7/h4,6,10-12H,2-3H2,1H3,(H,14,15). The maximum Gasteiger partial charge on any atom is 0.273 e. The Morgan fingerprint density at radius 1 is 1.69 bits per heavy atom. The van der Waals surface area contributed by atoms with Crippen LogP contribution in [0.15, 0.2) is 4.99 Å². The summed E-state index contributed by atoms with van der Waals surface area (Å²) in [6.45, 7) is 2.04. The summed E-state index contributed by atoms with van der Waals surface area (Å²) in [5, 5.41) is 24.6. The van der Waals surface area contributed by atoms with Gasteiger partial charge in [0.15, 0.2) is 5.71 Å². The van der Waals surface area contributed by atoms with E-state index in [9.17, 15) is 4.79 Å². The largest absolute Gasteiger partial charge is 0.338 e. The van der Waals surface area contributed by atoms with E-state index >= 15 is 0 Å². The van der Waals surface area contributed by atoms with Gasteiger partial charge in [0.1, 0.15) is 11.1 Å². The van der Waals surface area contributed by atoms with Crippen LogP contribution >= 0.6 is 11.8 Å². The van der Waals surface area contributed by atoms with Crippen molar-refractivity contribution < 1.29 is 4.79 Å². The van der Waals surface area contributed by atoms with Crippen LogP contribution in [0, 0.1) is 16.2 Å². The second-order valence-electron chi connectivity index (χ2n) is 3.21. The average Bonchev–Trinajstić information content (AvgIpc) is 2.25. The predicted octanol–water partition coefficient (Wildman–Crippen LogP) is 0.326. The summed E-state index contributed by atoms with van der Waals surface area (Å²) >= 11 is 1.28. The van der Waals surface area contributed by atoms with Crippen LogP contribution in [-0.2, 0) is 4.79 Å². The number of carbonyl (C=O) groups is 1. The lowest BCUT2D eigenvalue weighted by atomic mass is 10.2. The van der Waals surface area contributed by atoms with Crippen molar-refractivity contribution in [1.29, 1.82) is 16.2 Å². The first-order valence-corrected chi connectivity index (χ1v) is 5.67. The molecule has 0 saturated heterocycles. The molecule has 0 saturated carbocycles. The van der Waals surface area contributed by atoms with Gasteiger partial charge in [-0.05, 0) is 6.92 Å².